The largest absolute Gasteiger partial charge is 0.481 e. The molecule has 2 aromatic rings. The second-order valence-corrected chi connectivity index (χ2v) is 10.8. The molecule has 3 rings (SSSR count). The van der Waals surface area contributed by atoms with Crippen LogP contribution in [0, 0.1) is 6.92 Å². The molecule has 3 heterocycles. The third kappa shape index (κ3) is 14.3. The molecular formula is C35H62N6O2. The van der Waals surface area contributed by atoms with E-state index in [1.165, 1.54) is 28.9 Å². The number of aryl methyl sites for hydroxylation is 3. The smallest absolute Gasteiger partial charge is 0.232 e. The van der Waals surface area contributed by atoms with Crippen molar-refractivity contribution in [3.05, 3.63) is 52.2 Å². The first-order valence-corrected chi connectivity index (χ1v) is 16.3. The highest BCUT2D eigenvalue weighted by molar-refractivity contribution is 5.75. The van der Waals surface area contributed by atoms with E-state index in [1.807, 2.05) is 51.7 Å². The predicted molar refractivity (Wildman–Crippen MR) is 183 cm³/mol. The summed E-state index contributed by atoms with van der Waals surface area (Å²) in [5.74, 6) is 0.953. The number of carbonyl (C=O) groups is 1. The quantitative estimate of drug-likeness (QED) is 0.330. The number of hydrogen-bond acceptors (Lipinski definition) is 7. The normalized spacial score (nSPS) is 15.1. The van der Waals surface area contributed by atoms with Crippen molar-refractivity contribution in [3.63, 3.8) is 0 Å². The number of Topliss-reactive ketones (excluding diaryl/α,β-unsaturated/α-hetero) is 1. The van der Waals surface area contributed by atoms with E-state index in [1.54, 1.807) is 14.0 Å². The summed E-state index contributed by atoms with van der Waals surface area (Å²) in [5.41, 5.74) is 8.08. The molecular weight excluding hydrogens is 536 g/mol. The lowest BCUT2D eigenvalue weighted by atomic mass is 10.0. The highest BCUT2D eigenvalue weighted by Crippen LogP contribution is 2.24. The number of aromatic nitrogens is 3. The summed E-state index contributed by atoms with van der Waals surface area (Å²) in [6.07, 6.45) is 9.90. The maximum Gasteiger partial charge on any atom is 0.232 e. The molecule has 0 aliphatic carbocycles. The average Bonchev–Trinajstić information content (AvgIpc) is 3.00. The second-order valence-electron chi connectivity index (χ2n) is 10.8. The Morgan fingerprint density at radius 3 is 2.30 bits per heavy atom. The van der Waals surface area contributed by atoms with Gasteiger partial charge in [0.05, 0.1) is 7.11 Å². The van der Waals surface area contributed by atoms with Crippen LogP contribution < -0.4 is 20.6 Å². The fourth-order valence-electron chi connectivity index (χ4n) is 4.55. The van der Waals surface area contributed by atoms with Crippen LogP contribution in [0.3, 0.4) is 0 Å². The number of anilines is 1. The van der Waals surface area contributed by atoms with Gasteiger partial charge in [-0.1, -0.05) is 53.5 Å². The number of nitrogens with one attached hydrogen (secondary N) is 1. The Kier molecular flexibility index (Phi) is 21.0. The summed E-state index contributed by atoms with van der Waals surface area (Å²) < 4.78 is 7.24. The van der Waals surface area contributed by atoms with Gasteiger partial charge in [0.2, 0.25) is 11.5 Å². The number of pyridine rings is 1. The molecule has 43 heavy (non-hydrogen) atoms. The standard InChI is InChI=1S/C14H23N3O.C14H23N3.C5H10O.C2H6/c1-7-10(3)11(4)15-14-16-13(18-6)12(8-2)9-17(14)5;1-4-5-13-12(3)16-7-6-14(13)17-9-8-15-11(2)10-17;1-3-4-5(2)6;1-2/h9H,7-8H2,1-6H3;6-7,11,15H,4-5,8-10H2,1-3H3;3-4H2,1-2H3;1-2H3/b11-10+,15-14?;;;. The number of ketones is 1. The molecule has 0 amide bonds. The first-order valence-electron chi connectivity index (χ1n) is 16.3. The van der Waals surface area contributed by atoms with Gasteiger partial charge in [0.25, 0.3) is 0 Å². The van der Waals surface area contributed by atoms with Crippen LogP contribution in [0.25, 0.3) is 0 Å². The molecule has 1 aliphatic heterocycles. The van der Waals surface area contributed by atoms with Crippen molar-refractivity contribution >= 4 is 11.5 Å². The molecule has 0 spiro atoms. The SMILES string of the molecule is CC.CC/C(C)=C(\C)N=c1nc(OC)c(CC)cn1C.CCCC(C)=O.CCCc1c(N2CCNC(C)C2)ccnc1C. The van der Waals surface area contributed by atoms with Gasteiger partial charge in [0.1, 0.15) is 5.78 Å². The van der Waals surface area contributed by atoms with Crippen LogP contribution in [0.5, 0.6) is 5.88 Å². The van der Waals surface area contributed by atoms with E-state index >= 15 is 0 Å². The molecule has 8 nitrogen and oxygen atoms in total. The molecule has 1 N–H and O–H groups in total. The van der Waals surface area contributed by atoms with Gasteiger partial charge >= 0.3 is 0 Å². The minimum atomic E-state index is 0.289. The van der Waals surface area contributed by atoms with E-state index in [-0.39, 0.29) is 5.78 Å². The van der Waals surface area contributed by atoms with Crippen LogP contribution >= 0.6 is 0 Å². The molecule has 1 unspecified atom stereocenters. The van der Waals surface area contributed by atoms with Gasteiger partial charge in [-0.25, -0.2) is 4.99 Å². The molecule has 2 aromatic heterocycles. The summed E-state index contributed by atoms with van der Waals surface area (Å²) in [6, 6.07) is 2.75. The number of rotatable bonds is 9. The maximum absolute atomic E-state index is 10.0. The topological polar surface area (TPSA) is 84.6 Å². The van der Waals surface area contributed by atoms with Crippen molar-refractivity contribution in [1.29, 1.82) is 0 Å². The zero-order valence-corrected chi connectivity index (χ0v) is 29.7. The third-order valence-electron chi connectivity index (χ3n) is 7.19. The van der Waals surface area contributed by atoms with Crippen molar-refractivity contribution in [1.82, 2.24) is 19.9 Å². The number of ether oxygens (including phenoxy) is 1. The van der Waals surface area contributed by atoms with Gasteiger partial charge in [0.15, 0.2) is 0 Å². The highest BCUT2D eigenvalue weighted by atomic mass is 16.5. The van der Waals surface area contributed by atoms with Crippen molar-refractivity contribution in [2.75, 3.05) is 31.6 Å². The van der Waals surface area contributed by atoms with E-state index in [0.29, 0.717) is 17.5 Å². The lowest BCUT2D eigenvalue weighted by Crippen LogP contribution is -2.49. The van der Waals surface area contributed by atoms with Crippen molar-refractivity contribution in [2.45, 2.75) is 121 Å². The number of hydrogen-bond donors (Lipinski definition) is 1. The lowest BCUT2D eigenvalue weighted by Gasteiger charge is -2.35. The number of methoxy groups -OCH3 is 1. The number of carbonyl (C=O) groups excluding carboxylic acids is 1. The molecule has 0 radical (unpaired) electrons. The fraction of sp³-hybridized carbons (Fsp3) is 0.657. The van der Waals surface area contributed by atoms with E-state index in [0.717, 1.165) is 63.0 Å². The van der Waals surface area contributed by atoms with Crippen molar-refractivity contribution in [2.24, 2.45) is 12.0 Å². The molecule has 0 aromatic carbocycles. The number of nitrogens with zero attached hydrogens (tertiary/aromatic N) is 5. The highest BCUT2D eigenvalue weighted by Gasteiger charge is 2.19. The average molecular weight is 599 g/mol. The van der Waals surface area contributed by atoms with E-state index in [4.69, 9.17) is 4.74 Å². The molecule has 1 aliphatic rings. The van der Waals surface area contributed by atoms with Crippen molar-refractivity contribution < 1.29 is 9.53 Å². The molecule has 1 saturated heterocycles. The summed E-state index contributed by atoms with van der Waals surface area (Å²) in [4.78, 5) is 26.0. The third-order valence-corrected chi connectivity index (χ3v) is 7.19. The molecule has 1 fully saturated rings. The number of piperazine rings is 1. The molecule has 0 bridgehead atoms. The van der Waals surface area contributed by atoms with Crippen LogP contribution in [0.1, 0.15) is 112 Å². The zero-order valence-electron chi connectivity index (χ0n) is 29.7. The minimum absolute atomic E-state index is 0.289. The second kappa shape index (κ2) is 22.5. The van der Waals surface area contributed by atoms with Gasteiger partial charge < -0.3 is 24.3 Å². The Hall–Kier alpha value is -3.00. The number of allylic oxidation sites excluding steroid dienone is 2. The van der Waals surface area contributed by atoms with Gasteiger partial charge in [-0.05, 0) is 71.9 Å². The van der Waals surface area contributed by atoms with Crippen LogP contribution in [-0.4, -0.2) is 53.1 Å². The molecule has 0 saturated carbocycles. The monoisotopic (exact) mass is 598 g/mol. The summed E-state index contributed by atoms with van der Waals surface area (Å²) in [6.45, 7) is 25.8. The Morgan fingerprint density at radius 1 is 1.14 bits per heavy atom. The van der Waals surface area contributed by atoms with E-state index in [9.17, 15) is 4.79 Å². The predicted octanol–water partition coefficient (Wildman–Crippen LogP) is 7.14. The molecule has 1 atom stereocenters. The first kappa shape index (κ1) is 40.0. The summed E-state index contributed by atoms with van der Waals surface area (Å²) >= 11 is 0. The van der Waals surface area contributed by atoms with E-state index in [2.05, 4.69) is 72.8 Å². The minimum Gasteiger partial charge on any atom is -0.481 e. The van der Waals surface area contributed by atoms with Gasteiger partial charge in [-0.2, -0.15) is 4.98 Å². The van der Waals surface area contributed by atoms with Crippen LogP contribution in [0.4, 0.5) is 5.69 Å². The Balaban J connectivity index is 0.000000660. The van der Waals surface area contributed by atoms with Crippen molar-refractivity contribution in [3.8, 4) is 5.88 Å². The molecule has 244 valence electrons. The Morgan fingerprint density at radius 2 is 1.81 bits per heavy atom. The Labute approximate surface area is 263 Å². The van der Waals surface area contributed by atoms with Crippen LogP contribution in [-0.2, 0) is 24.7 Å². The van der Waals surface area contributed by atoms with Gasteiger partial charge in [0, 0.05) is 74.2 Å². The lowest BCUT2D eigenvalue weighted by molar-refractivity contribution is -0.117. The summed E-state index contributed by atoms with van der Waals surface area (Å²) in [7, 11) is 3.60. The first-order chi connectivity index (χ1) is 20.5. The van der Waals surface area contributed by atoms with Gasteiger partial charge in [-0.3, -0.25) is 4.98 Å². The summed E-state index contributed by atoms with van der Waals surface area (Å²) in [5, 5.41) is 3.49. The van der Waals surface area contributed by atoms with E-state index < -0.39 is 0 Å². The van der Waals surface area contributed by atoms with Crippen LogP contribution in [0.15, 0.2) is 34.7 Å². The zero-order chi connectivity index (χ0) is 32.9. The fourth-order valence-corrected chi connectivity index (χ4v) is 4.55. The maximum atomic E-state index is 10.0. The van der Waals surface area contributed by atoms with Crippen LogP contribution in [0.2, 0.25) is 0 Å². The molecule has 8 heteroatoms. The van der Waals surface area contributed by atoms with Gasteiger partial charge in [-0.15, -0.1) is 0 Å². The Bertz CT molecular complexity index is 1190.